The van der Waals surface area contributed by atoms with Crippen LogP contribution in [0.3, 0.4) is 0 Å². The van der Waals surface area contributed by atoms with Crippen molar-refractivity contribution in [1.29, 1.82) is 0 Å². The van der Waals surface area contributed by atoms with Gasteiger partial charge in [0.2, 0.25) is 5.91 Å². The smallest absolute Gasteiger partial charge is 0.325 e. The second kappa shape index (κ2) is 7.76. The molecule has 3 aromatic carbocycles. The van der Waals surface area contributed by atoms with Gasteiger partial charge in [0, 0.05) is 11.9 Å². The molecule has 1 saturated heterocycles. The molecule has 3 aromatic rings. The van der Waals surface area contributed by atoms with Gasteiger partial charge < -0.3 is 10.6 Å². The van der Waals surface area contributed by atoms with Crippen molar-refractivity contribution in [1.82, 2.24) is 10.2 Å². The topological polar surface area (TPSA) is 113 Å². The molecule has 164 valence electrons. The standard InChI is InChI=1S/C23H21N3O5S/c1-23(17-8-7-15-5-3-4-6-16(15)13-17)21(28)26(22(29)25-23)14-20(27)24-18-9-11-19(12-10-18)32(2,30)31/h3-13H,14H2,1-2H3,(H,24,27)(H,25,29). The number of carbonyl (C=O) groups excluding carboxylic acids is 3. The number of urea groups is 1. The van der Waals surface area contributed by atoms with Gasteiger partial charge in [0.1, 0.15) is 12.1 Å². The van der Waals surface area contributed by atoms with Crippen molar-refractivity contribution < 1.29 is 22.8 Å². The summed E-state index contributed by atoms with van der Waals surface area (Å²) in [5.74, 6) is -1.11. The maximum atomic E-state index is 13.1. The number of hydrogen-bond donors (Lipinski definition) is 2. The molecular weight excluding hydrogens is 430 g/mol. The minimum absolute atomic E-state index is 0.121. The van der Waals surface area contributed by atoms with Crippen LogP contribution in [0.5, 0.6) is 0 Å². The number of imide groups is 1. The van der Waals surface area contributed by atoms with E-state index in [2.05, 4.69) is 10.6 Å². The summed E-state index contributed by atoms with van der Waals surface area (Å²) >= 11 is 0. The van der Waals surface area contributed by atoms with Gasteiger partial charge >= 0.3 is 6.03 Å². The Kier molecular flexibility index (Phi) is 5.21. The summed E-state index contributed by atoms with van der Waals surface area (Å²) in [7, 11) is -3.35. The molecule has 2 N–H and O–H groups in total. The number of rotatable bonds is 5. The molecule has 1 unspecified atom stereocenters. The average Bonchev–Trinajstić information content (AvgIpc) is 2.97. The van der Waals surface area contributed by atoms with E-state index >= 15 is 0 Å². The maximum Gasteiger partial charge on any atom is 0.325 e. The highest BCUT2D eigenvalue weighted by molar-refractivity contribution is 7.90. The van der Waals surface area contributed by atoms with E-state index in [0.29, 0.717) is 11.3 Å². The van der Waals surface area contributed by atoms with Crippen LogP contribution in [0.1, 0.15) is 12.5 Å². The van der Waals surface area contributed by atoms with Crippen LogP contribution in [0.25, 0.3) is 10.8 Å². The van der Waals surface area contributed by atoms with Crippen LogP contribution in [0.2, 0.25) is 0 Å². The van der Waals surface area contributed by atoms with E-state index in [1.54, 1.807) is 13.0 Å². The quantitative estimate of drug-likeness (QED) is 0.579. The summed E-state index contributed by atoms with van der Waals surface area (Å²) in [6.45, 7) is 1.14. The van der Waals surface area contributed by atoms with Gasteiger partial charge in [-0.05, 0) is 53.6 Å². The largest absolute Gasteiger partial charge is 0.325 e. The lowest BCUT2D eigenvalue weighted by Crippen LogP contribution is -2.42. The van der Waals surface area contributed by atoms with Crippen molar-refractivity contribution in [3.63, 3.8) is 0 Å². The van der Waals surface area contributed by atoms with Gasteiger partial charge in [-0.25, -0.2) is 13.2 Å². The zero-order valence-corrected chi connectivity index (χ0v) is 18.3. The minimum Gasteiger partial charge on any atom is -0.325 e. The molecule has 1 fully saturated rings. The molecule has 8 nitrogen and oxygen atoms in total. The van der Waals surface area contributed by atoms with Crippen LogP contribution in [0, 0.1) is 0 Å². The van der Waals surface area contributed by atoms with E-state index in [4.69, 9.17) is 0 Å². The number of nitrogens with zero attached hydrogens (tertiary/aromatic N) is 1. The lowest BCUT2D eigenvalue weighted by Gasteiger charge is -2.22. The molecule has 0 spiro atoms. The van der Waals surface area contributed by atoms with Crippen molar-refractivity contribution in [2.45, 2.75) is 17.4 Å². The van der Waals surface area contributed by atoms with Gasteiger partial charge in [0.25, 0.3) is 5.91 Å². The Morgan fingerprint density at radius 2 is 1.66 bits per heavy atom. The second-order valence-electron chi connectivity index (χ2n) is 7.85. The summed E-state index contributed by atoms with van der Waals surface area (Å²) < 4.78 is 23.1. The number of carbonyl (C=O) groups is 3. The second-order valence-corrected chi connectivity index (χ2v) is 9.87. The van der Waals surface area contributed by atoms with E-state index in [1.807, 2.05) is 36.4 Å². The van der Waals surface area contributed by atoms with Crippen molar-refractivity contribution in [3.8, 4) is 0 Å². The molecule has 0 aliphatic carbocycles. The molecule has 1 aliphatic rings. The Hall–Kier alpha value is -3.72. The molecule has 1 aliphatic heterocycles. The monoisotopic (exact) mass is 451 g/mol. The summed E-state index contributed by atoms with van der Waals surface area (Å²) in [4.78, 5) is 39.1. The number of sulfone groups is 1. The number of hydrogen-bond acceptors (Lipinski definition) is 5. The number of benzene rings is 3. The van der Waals surface area contributed by atoms with Crippen LogP contribution < -0.4 is 10.6 Å². The highest BCUT2D eigenvalue weighted by Gasteiger charge is 2.49. The van der Waals surface area contributed by atoms with E-state index in [9.17, 15) is 22.8 Å². The van der Waals surface area contributed by atoms with E-state index in [-0.39, 0.29) is 4.90 Å². The molecule has 1 atom stereocenters. The van der Waals surface area contributed by atoms with E-state index < -0.39 is 39.8 Å². The predicted octanol–water partition coefficient (Wildman–Crippen LogP) is 2.65. The lowest BCUT2D eigenvalue weighted by molar-refractivity contribution is -0.133. The van der Waals surface area contributed by atoms with Crippen LogP contribution in [-0.4, -0.2) is 44.0 Å². The Morgan fingerprint density at radius 3 is 2.31 bits per heavy atom. The van der Waals surface area contributed by atoms with Crippen LogP contribution >= 0.6 is 0 Å². The molecule has 0 saturated carbocycles. The summed E-state index contributed by atoms with van der Waals surface area (Å²) in [5.41, 5.74) is -0.320. The normalized spacial score (nSPS) is 18.6. The maximum absolute atomic E-state index is 13.1. The number of amides is 4. The molecule has 0 radical (unpaired) electrons. The molecule has 0 aromatic heterocycles. The minimum atomic E-state index is -3.35. The van der Waals surface area contributed by atoms with Gasteiger partial charge in [0.15, 0.2) is 9.84 Å². The molecule has 32 heavy (non-hydrogen) atoms. The van der Waals surface area contributed by atoms with Gasteiger partial charge in [-0.1, -0.05) is 36.4 Å². The predicted molar refractivity (Wildman–Crippen MR) is 120 cm³/mol. The Labute approximate surface area is 185 Å². The molecule has 9 heteroatoms. The molecular formula is C23H21N3O5S. The summed E-state index contributed by atoms with van der Waals surface area (Å²) in [5, 5.41) is 7.21. The Bertz CT molecular complexity index is 1350. The summed E-state index contributed by atoms with van der Waals surface area (Å²) in [6, 6.07) is 18.2. The molecule has 1 heterocycles. The van der Waals surface area contributed by atoms with Crippen molar-refractivity contribution >= 4 is 44.1 Å². The average molecular weight is 452 g/mol. The highest BCUT2D eigenvalue weighted by atomic mass is 32.2. The molecule has 4 amide bonds. The third-order valence-electron chi connectivity index (χ3n) is 5.47. The van der Waals surface area contributed by atoms with E-state index in [0.717, 1.165) is 21.9 Å². The van der Waals surface area contributed by atoms with Crippen molar-refractivity contribution in [2.75, 3.05) is 18.1 Å². The van der Waals surface area contributed by atoms with Gasteiger partial charge in [-0.3, -0.25) is 14.5 Å². The van der Waals surface area contributed by atoms with Gasteiger partial charge in [-0.15, -0.1) is 0 Å². The van der Waals surface area contributed by atoms with Crippen LogP contribution in [0.15, 0.2) is 71.6 Å². The molecule has 0 bridgehead atoms. The first-order chi connectivity index (χ1) is 15.1. The summed E-state index contributed by atoms with van der Waals surface area (Å²) in [6.07, 6.45) is 1.09. The first kappa shape index (κ1) is 21.5. The van der Waals surface area contributed by atoms with Crippen molar-refractivity contribution in [3.05, 3.63) is 72.3 Å². The third kappa shape index (κ3) is 3.94. The van der Waals surface area contributed by atoms with Gasteiger partial charge in [-0.2, -0.15) is 0 Å². The van der Waals surface area contributed by atoms with E-state index in [1.165, 1.54) is 24.3 Å². The number of nitrogens with one attached hydrogen (secondary N) is 2. The number of fused-ring (bicyclic) bond motifs is 1. The first-order valence-electron chi connectivity index (χ1n) is 9.81. The Morgan fingerprint density at radius 1 is 1.00 bits per heavy atom. The fourth-order valence-corrected chi connectivity index (χ4v) is 4.30. The van der Waals surface area contributed by atoms with Crippen molar-refractivity contribution in [2.24, 2.45) is 0 Å². The third-order valence-corrected chi connectivity index (χ3v) is 6.60. The zero-order chi connectivity index (χ0) is 23.1. The number of anilines is 1. The SMILES string of the molecule is CC1(c2ccc3ccccc3c2)NC(=O)N(CC(=O)Nc2ccc(S(C)(=O)=O)cc2)C1=O. The zero-order valence-electron chi connectivity index (χ0n) is 17.5. The fraction of sp³-hybridized carbons (Fsp3) is 0.174. The van der Waals surface area contributed by atoms with Gasteiger partial charge in [0.05, 0.1) is 4.90 Å². The first-order valence-corrected chi connectivity index (χ1v) is 11.7. The lowest BCUT2D eigenvalue weighted by atomic mass is 9.90. The fourth-order valence-electron chi connectivity index (χ4n) is 3.67. The Balaban J connectivity index is 1.50. The molecule has 4 rings (SSSR count). The van der Waals surface area contributed by atoms with Crippen LogP contribution in [-0.2, 0) is 25.0 Å². The highest BCUT2D eigenvalue weighted by Crippen LogP contribution is 2.31. The van der Waals surface area contributed by atoms with Crippen LogP contribution in [0.4, 0.5) is 10.5 Å².